The summed E-state index contributed by atoms with van der Waals surface area (Å²) in [6, 6.07) is 9.62. The number of nitrogens with zero attached hydrogens (tertiary/aromatic N) is 1. The number of carbonyl (C=O) groups is 1. The van der Waals surface area contributed by atoms with Crippen LogP contribution in [0.25, 0.3) is 0 Å². The number of aliphatic hydroxyl groups is 1. The molecule has 82 valence electrons. The number of amides is 1. The van der Waals surface area contributed by atoms with Crippen LogP contribution >= 0.6 is 0 Å². The van der Waals surface area contributed by atoms with Crippen molar-refractivity contribution in [1.29, 1.82) is 0 Å². The van der Waals surface area contributed by atoms with Crippen LogP contribution in [0, 0.1) is 0 Å². The van der Waals surface area contributed by atoms with Crippen molar-refractivity contribution in [2.75, 3.05) is 20.7 Å². The van der Waals surface area contributed by atoms with Gasteiger partial charge in [0, 0.05) is 26.4 Å². The maximum atomic E-state index is 11.5. The summed E-state index contributed by atoms with van der Waals surface area (Å²) in [6.07, 6.45) is 0.355. The van der Waals surface area contributed by atoms with Crippen LogP contribution in [0.1, 0.15) is 17.9 Å². The number of hydrogen-bond donors (Lipinski definition) is 1. The fourth-order valence-electron chi connectivity index (χ4n) is 1.41. The molecule has 1 amide bonds. The van der Waals surface area contributed by atoms with Gasteiger partial charge in [0.1, 0.15) is 0 Å². The van der Waals surface area contributed by atoms with Crippen molar-refractivity contribution < 1.29 is 9.90 Å². The summed E-state index contributed by atoms with van der Waals surface area (Å²) in [4.78, 5) is 13.0. The molecule has 0 aliphatic carbocycles. The zero-order valence-electron chi connectivity index (χ0n) is 9.18. The Bertz CT molecular complexity index is 309. The van der Waals surface area contributed by atoms with Crippen LogP contribution < -0.4 is 0 Å². The Morgan fingerprint density at radius 1 is 1.33 bits per heavy atom. The van der Waals surface area contributed by atoms with Crippen LogP contribution in [0.3, 0.4) is 0 Å². The van der Waals surface area contributed by atoms with Crippen LogP contribution in [-0.2, 0) is 4.79 Å². The van der Waals surface area contributed by atoms with Gasteiger partial charge in [-0.05, 0) is 5.56 Å². The molecule has 1 aromatic carbocycles. The molecule has 1 aromatic rings. The molecule has 0 spiro atoms. The molecule has 0 aliphatic rings. The first-order valence-corrected chi connectivity index (χ1v) is 5.01. The lowest BCUT2D eigenvalue weighted by Gasteiger charge is -2.17. The van der Waals surface area contributed by atoms with Gasteiger partial charge in [-0.3, -0.25) is 4.79 Å². The molecular formula is C12H17NO2. The van der Waals surface area contributed by atoms with E-state index in [0.717, 1.165) is 5.56 Å². The van der Waals surface area contributed by atoms with Gasteiger partial charge in [0.15, 0.2) is 0 Å². The van der Waals surface area contributed by atoms with E-state index >= 15 is 0 Å². The van der Waals surface area contributed by atoms with Crippen LogP contribution in [0.2, 0.25) is 0 Å². The van der Waals surface area contributed by atoms with Crippen molar-refractivity contribution in [3.63, 3.8) is 0 Å². The lowest BCUT2D eigenvalue weighted by molar-refractivity contribution is -0.129. The zero-order valence-corrected chi connectivity index (χ0v) is 9.18. The highest BCUT2D eigenvalue weighted by atomic mass is 16.3. The molecule has 0 aliphatic heterocycles. The van der Waals surface area contributed by atoms with Gasteiger partial charge in [0.25, 0.3) is 0 Å². The molecule has 0 heterocycles. The fraction of sp³-hybridized carbons (Fsp3) is 0.417. The molecule has 0 aromatic heterocycles. The lowest BCUT2D eigenvalue weighted by Crippen LogP contribution is -2.24. The number of rotatable bonds is 4. The molecule has 1 N–H and O–H groups in total. The molecule has 1 unspecified atom stereocenters. The van der Waals surface area contributed by atoms with Gasteiger partial charge >= 0.3 is 0 Å². The first-order chi connectivity index (χ1) is 7.15. The van der Waals surface area contributed by atoms with Crippen LogP contribution in [0.4, 0.5) is 0 Å². The quantitative estimate of drug-likeness (QED) is 0.807. The van der Waals surface area contributed by atoms with Gasteiger partial charge in [-0.1, -0.05) is 30.3 Å². The van der Waals surface area contributed by atoms with Gasteiger partial charge in [-0.2, -0.15) is 0 Å². The van der Waals surface area contributed by atoms with Crippen molar-refractivity contribution in [3.8, 4) is 0 Å². The number of carbonyl (C=O) groups excluding carboxylic acids is 1. The molecular weight excluding hydrogens is 190 g/mol. The van der Waals surface area contributed by atoms with Crippen LogP contribution in [-0.4, -0.2) is 36.6 Å². The molecule has 0 bridgehead atoms. The smallest absolute Gasteiger partial charge is 0.222 e. The van der Waals surface area contributed by atoms with Gasteiger partial charge in [0.2, 0.25) is 5.91 Å². The minimum Gasteiger partial charge on any atom is -0.396 e. The molecule has 3 nitrogen and oxygen atoms in total. The highest BCUT2D eigenvalue weighted by Crippen LogP contribution is 2.19. The van der Waals surface area contributed by atoms with Gasteiger partial charge in [0.05, 0.1) is 6.61 Å². The molecule has 0 saturated heterocycles. The van der Waals surface area contributed by atoms with E-state index in [1.54, 1.807) is 19.0 Å². The first kappa shape index (κ1) is 11.7. The van der Waals surface area contributed by atoms with Crippen molar-refractivity contribution >= 4 is 5.91 Å². The van der Waals surface area contributed by atoms with E-state index in [0.29, 0.717) is 6.42 Å². The monoisotopic (exact) mass is 207 g/mol. The normalized spacial score (nSPS) is 12.2. The van der Waals surface area contributed by atoms with Crippen molar-refractivity contribution in [1.82, 2.24) is 4.90 Å². The molecule has 0 saturated carbocycles. The Morgan fingerprint density at radius 3 is 2.40 bits per heavy atom. The Morgan fingerprint density at radius 2 is 1.93 bits per heavy atom. The minimum atomic E-state index is -0.0962. The van der Waals surface area contributed by atoms with Crippen molar-refractivity contribution in [2.24, 2.45) is 0 Å². The van der Waals surface area contributed by atoms with Crippen LogP contribution in [0.5, 0.6) is 0 Å². The standard InChI is InChI=1S/C12H17NO2/c1-13(2)12(15)8-11(9-14)10-6-4-3-5-7-10/h3-7,11,14H,8-9H2,1-2H3. The third kappa shape index (κ3) is 3.36. The second-order valence-electron chi connectivity index (χ2n) is 3.78. The lowest BCUT2D eigenvalue weighted by atomic mass is 9.96. The maximum absolute atomic E-state index is 11.5. The Balaban J connectivity index is 2.69. The molecule has 0 fully saturated rings. The Labute approximate surface area is 90.3 Å². The van der Waals surface area contributed by atoms with E-state index in [1.807, 2.05) is 30.3 Å². The molecule has 3 heteroatoms. The third-order valence-corrected chi connectivity index (χ3v) is 2.41. The maximum Gasteiger partial charge on any atom is 0.222 e. The van der Waals surface area contributed by atoms with E-state index in [2.05, 4.69) is 0 Å². The molecule has 1 rings (SSSR count). The highest BCUT2D eigenvalue weighted by Gasteiger charge is 2.15. The van der Waals surface area contributed by atoms with E-state index in [9.17, 15) is 9.90 Å². The predicted molar refractivity (Wildman–Crippen MR) is 59.6 cm³/mol. The average molecular weight is 207 g/mol. The molecule has 0 radical (unpaired) electrons. The van der Waals surface area contributed by atoms with E-state index in [1.165, 1.54) is 0 Å². The van der Waals surface area contributed by atoms with E-state index < -0.39 is 0 Å². The number of hydrogen-bond acceptors (Lipinski definition) is 2. The summed E-state index contributed by atoms with van der Waals surface area (Å²) < 4.78 is 0. The van der Waals surface area contributed by atoms with E-state index in [4.69, 9.17) is 0 Å². The second-order valence-corrected chi connectivity index (χ2v) is 3.78. The Kier molecular flexibility index (Phi) is 4.31. The third-order valence-electron chi connectivity index (χ3n) is 2.41. The fourth-order valence-corrected chi connectivity index (χ4v) is 1.41. The Hall–Kier alpha value is -1.35. The number of aliphatic hydroxyl groups excluding tert-OH is 1. The highest BCUT2D eigenvalue weighted by molar-refractivity contribution is 5.76. The van der Waals surface area contributed by atoms with Gasteiger partial charge < -0.3 is 10.0 Å². The summed E-state index contributed by atoms with van der Waals surface area (Å²) in [5.41, 5.74) is 1.01. The second kappa shape index (κ2) is 5.51. The summed E-state index contributed by atoms with van der Waals surface area (Å²) in [6.45, 7) is 0.00356. The molecule has 15 heavy (non-hydrogen) atoms. The summed E-state index contributed by atoms with van der Waals surface area (Å²) in [5, 5.41) is 9.24. The SMILES string of the molecule is CN(C)C(=O)CC(CO)c1ccccc1. The first-order valence-electron chi connectivity index (χ1n) is 5.01. The van der Waals surface area contributed by atoms with Gasteiger partial charge in [-0.15, -0.1) is 0 Å². The topological polar surface area (TPSA) is 40.5 Å². The molecule has 1 atom stereocenters. The number of benzene rings is 1. The zero-order chi connectivity index (χ0) is 11.3. The van der Waals surface area contributed by atoms with Crippen molar-refractivity contribution in [2.45, 2.75) is 12.3 Å². The van der Waals surface area contributed by atoms with Crippen LogP contribution in [0.15, 0.2) is 30.3 Å². The summed E-state index contributed by atoms with van der Waals surface area (Å²) >= 11 is 0. The summed E-state index contributed by atoms with van der Waals surface area (Å²) in [5.74, 6) is -0.0565. The summed E-state index contributed by atoms with van der Waals surface area (Å²) in [7, 11) is 3.45. The minimum absolute atomic E-state index is 0.00356. The largest absolute Gasteiger partial charge is 0.396 e. The van der Waals surface area contributed by atoms with E-state index in [-0.39, 0.29) is 18.4 Å². The predicted octanol–water partition coefficient (Wildman–Crippen LogP) is 1.24. The van der Waals surface area contributed by atoms with Gasteiger partial charge in [-0.25, -0.2) is 0 Å². The average Bonchev–Trinajstić information content (AvgIpc) is 2.26. The van der Waals surface area contributed by atoms with Crippen molar-refractivity contribution in [3.05, 3.63) is 35.9 Å².